The van der Waals surface area contributed by atoms with Crippen molar-refractivity contribution in [1.82, 2.24) is 15.6 Å². The number of aromatic nitrogens is 1. The van der Waals surface area contributed by atoms with Crippen LogP contribution in [0.1, 0.15) is 55.6 Å². The number of hydrogen-bond donors (Lipinski definition) is 2. The molecule has 0 bridgehead atoms. The number of nitrogens with one attached hydrogen (secondary N) is 2. The summed E-state index contributed by atoms with van der Waals surface area (Å²) in [6, 6.07) is 10.7. The molecule has 0 spiro atoms. The van der Waals surface area contributed by atoms with Crippen molar-refractivity contribution in [2.24, 2.45) is 5.92 Å². The summed E-state index contributed by atoms with van der Waals surface area (Å²) in [7, 11) is 0. The van der Waals surface area contributed by atoms with Gasteiger partial charge in [-0.05, 0) is 39.0 Å². The number of benzene rings is 1. The molecule has 2 fully saturated rings. The minimum atomic E-state index is -0.0348. The fourth-order valence-corrected chi connectivity index (χ4v) is 5.49. The maximum absolute atomic E-state index is 12.8. The third kappa shape index (κ3) is 4.36. The lowest BCUT2D eigenvalue weighted by Crippen LogP contribution is -2.43. The van der Waals surface area contributed by atoms with Gasteiger partial charge in [0.25, 0.3) is 0 Å². The maximum Gasteiger partial charge on any atom is 0.237 e. The van der Waals surface area contributed by atoms with Crippen LogP contribution in [0.5, 0.6) is 0 Å². The molecule has 1 aliphatic carbocycles. The van der Waals surface area contributed by atoms with Crippen molar-refractivity contribution < 1.29 is 4.79 Å². The lowest BCUT2D eigenvalue weighted by Gasteiger charge is -2.24. The quantitative estimate of drug-likeness (QED) is 0.779. The number of carbonyl (C=O) groups is 1. The number of hydrogen-bond acceptors (Lipinski definition) is 4. The molecule has 1 aromatic heterocycles. The monoisotopic (exact) mass is 405 g/mol. The van der Waals surface area contributed by atoms with E-state index in [-0.39, 0.29) is 30.4 Å². The maximum atomic E-state index is 12.8. The summed E-state index contributed by atoms with van der Waals surface area (Å²) in [5.41, 5.74) is 2.14. The van der Waals surface area contributed by atoms with Crippen molar-refractivity contribution in [3.05, 3.63) is 40.9 Å². The Morgan fingerprint density at radius 3 is 2.74 bits per heavy atom. The van der Waals surface area contributed by atoms with Crippen LogP contribution >= 0.6 is 23.7 Å². The van der Waals surface area contributed by atoms with Gasteiger partial charge in [-0.25, -0.2) is 4.98 Å². The highest BCUT2D eigenvalue weighted by atomic mass is 35.5. The van der Waals surface area contributed by atoms with E-state index in [1.165, 1.54) is 25.7 Å². The van der Waals surface area contributed by atoms with Crippen LogP contribution < -0.4 is 10.6 Å². The van der Waals surface area contributed by atoms with Gasteiger partial charge in [-0.2, -0.15) is 0 Å². The van der Waals surface area contributed by atoms with Gasteiger partial charge in [0, 0.05) is 11.6 Å². The molecule has 2 N–H and O–H groups in total. The lowest BCUT2D eigenvalue weighted by molar-refractivity contribution is -0.123. The van der Waals surface area contributed by atoms with Crippen LogP contribution in [-0.4, -0.2) is 23.0 Å². The molecule has 1 saturated heterocycles. The van der Waals surface area contributed by atoms with Crippen LogP contribution in [0.4, 0.5) is 0 Å². The van der Waals surface area contributed by atoms with Gasteiger partial charge in [-0.1, -0.05) is 43.2 Å². The first kappa shape index (κ1) is 20.3. The molecule has 4 nitrogen and oxygen atoms in total. The van der Waals surface area contributed by atoms with Gasteiger partial charge in [-0.3, -0.25) is 4.79 Å². The van der Waals surface area contributed by atoms with E-state index in [9.17, 15) is 4.79 Å². The molecule has 146 valence electrons. The molecule has 1 aromatic carbocycles. The molecule has 6 heteroatoms. The summed E-state index contributed by atoms with van der Waals surface area (Å²) in [5, 5.41) is 7.81. The zero-order chi connectivity index (χ0) is 18.1. The summed E-state index contributed by atoms with van der Waals surface area (Å²) in [5.74, 6) is 0.825. The molecule has 4 rings (SSSR count). The minimum Gasteiger partial charge on any atom is -0.347 e. The van der Waals surface area contributed by atoms with Gasteiger partial charge in [0.05, 0.1) is 22.7 Å². The molecule has 2 heterocycles. The highest BCUT2D eigenvalue weighted by Crippen LogP contribution is 2.34. The fourth-order valence-electron chi connectivity index (χ4n) is 4.41. The fraction of sp³-hybridized carbons (Fsp3) is 0.524. The molecule has 0 radical (unpaired) electrons. The van der Waals surface area contributed by atoms with E-state index in [1.807, 2.05) is 25.1 Å². The molecule has 1 aliphatic heterocycles. The highest BCUT2D eigenvalue weighted by molar-refractivity contribution is 7.15. The SMILES string of the molecule is Cc1nc(-c2ccccc2)sc1C(C)NC(=O)C1CC2CCCCC2N1.Cl. The number of fused-ring (bicyclic) bond motifs is 1. The molecule has 4 atom stereocenters. The van der Waals surface area contributed by atoms with Crippen LogP contribution in [0, 0.1) is 12.8 Å². The summed E-state index contributed by atoms with van der Waals surface area (Å²) in [6.07, 6.45) is 6.08. The van der Waals surface area contributed by atoms with Crippen molar-refractivity contribution in [3.8, 4) is 10.6 Å². The Balaban J connectivity index is 0.00000210. The number of halogens is 1. The average molecular weight is 406 g/mol. The predicted molar refractivity (Wildman–Crippen MR) is 113 cm³/mol. The normalized spacial score (nSPS) is 25.3. The van der Waals surface area contributed by atoms with Crippen LogP contribution in [-0.2, 0) is 4.79 Å². The van der Waals surface area contributed by atoms with Gasteiger partial charge < -0.3 is 10.6 Å². The Morgan fingerprint density at radius 1 is 1.26 bits per heavy atom. The second kappa shape index (κ2) is 8.72. The third-order valence-corrected chi connectivity index (χ3v) is 7.17. The standard InChI is InChI=1S/C21H27N3OS.ClH/c1-13(19-14(2)23-21(26-19)15-8-4-3-5-9-15)22-20(25)18-12-16-10-6-7-11-17(16)24-18;/h3-5,8-9,13,16-18,24H,6-7,10-12H2,1-2H3,(H,22,25);1H. The molecular formula is C21H28ClN3OS. The van der Waals surface area contributed by atoms with E-state index in [0.29, 0.717) is 12.0 Å². The smallest absolute Gasteiger partial charge is 0.237 e. The van der Waals surface area contributed by atoms with Crippen LogP contribution in [0.3, 0.4) is 0 Å². The van der Waals surface area contributed by atoms with E-state index >= 15 is 0 Å². The Kier molecular flexibility index (Phi) is 6.56. The highest BCUT2D eigenvalue weighted by Gasteiger charge is 2.38. The first-order valence-corrected chi connectivity index (χ1v) is 10.5. The van der Waals surface area contributed by atoms with E-state index < -0.39 is 0 Å². The molecule has 1 saturated carbocycles. The van der Waals surface area contributed by atoms with Gasteiger partial charge in [0.1, 0.15) is 5.01 Å². The van der Waals surface area contributed by atoms with Gasteiger partial charge in [0.15, 0.2) is 0 Å². The zero-order valence-electron chi connectivity index (χ0n) is 15.9. The van der Waals surface area contributed by atoms with E-state index in [0.717, 1.165) is 27.6 Å². The summed E-state index contributed by atoms with van der Waals surface area (Å²) >= 11 is 1.68. The predicted octanol–water partition coefficient (Wildman–Crippen LogP) is 4.64. The van der Waals surface area contributed by atoms with Crippen molar-refractivity contribution in [3.63, 3.8) is 0 Å². The van der Waals surface area contributed by atoms with Crippen molar-refractivity contribution in [1.29, 1.82) is 0 Å². The van der Waals surface area contributed by atoms with Crippen molar-refractivity contribution in [2.45, 2.75) is 64.1 Å². The zero-order valence-corrected chi connectivity index (χ0v) is 17.5. The van der Waals surface area contributed by atoms with E-state index in [2.05, 4.69) is 29.7 Å². The Labute approximate surface area is 171 Å². The second-order valence-corrected chi connectivity index (χ2v) is 8.70. The molecule has 4 unspecified atom stereocenters. The van der Waals surface area contributed by atoms with Gasteiger partial charge in [-0.15, -0.1) is 23.7 Å². The second-order valence-electron chi connectivity index (χ2n) is 7.67. The number of amides is 1. The first-order chi connectivity index (χ1) is 12.6. The van der Waals surface area contributed by atoms with Crippen molar-refractivity contribution in [2.75, 3.05) is 0 Å². The largest absolute Gasteiger partial charge is 0.347 e. The number of carbonyl (C=O) groups excluding carboxylic acids is 1. The topological polar surface area (TPSA) is 54.0 Å². The Bertz CT molecular complexity index is 765. The molecule has 2 aliphatic rings. The Morgan fingerprint density at radius 2 is 2.00 bits per heavy atom. The minimum absolute atomic E-state index is 0. The van der Waals surface area contributed by atoms with Gasteiger partial charge >= 0.3 is 0 Å². The molecular weight excluding hydrogens is 378 g/mol. The summed E-state index contributed by atoms with van der Waals surface area (Å²) in [6.45, 7) is 4.10. The average Bonchev–Trinajstić information content (AvgIpc) is 3.26. The first-order valence-electron chi connectivity index (χ1n) is 9.71. The van der Waals surface area contributed by atoms with Crippen LogP contribution in [0.2, 0.25) is 0 Å². The van der Waals surface area contributed by atoms with Crippen LogP contribution in [0.15, 0.2) is 30.3 Å². The Hall–Kier alpha value is -1.43. The summed E-state index contributed by atoms with van der Waals surface area (Å²) < 4.78 is 0. The number of rotatable bonds is 4. The lowest BCUT2D eigenvalue weighted by atomic mass is 9.85. The summed E-state index contributed by atoms with van der Waals surface area (Å²) in [4.78, 5) is 18.6. The molecule has 2 aromatic rings. The van der Waals surface area contributed by atoms with Crippen molar-refractivity contribution >= 4 is 29.7 Å². The van der Waals surface area contributed by atoms with Crippen LogP contribution in [0.25, 0.3) is 10.6 Å². The molecule has 1 amide bonds. The number of thiazole rings is 1. The third-order valence-electron chi connectivity index (χ3n) is 5.78. The molecule has 27 heavy (non-hydrogen) atoms. The van der Waals surface area contributed by atoms with E-state index in [1.54, 1.807) is 11.3 Å². The number of aryl methyl sites for hydroxylation is 1. The van der Waals surface area contributed by atoms with E-state index in [4.69, 9.17) is 4.98 Å². The number of nitrogens with zero attached hydrogens (tertiary/aromatic N) is 1. The van der Waals surface area contributed by atoms with Gasteiger partial charge in [0.2, 0.25) is 5.91 Å².